The van der Waals surface area contributed by atoms with Crippen LogP contribution in [-0.4, -0.2) is 31.1 Å². The first-order valence-corrected chi connectivity index (χ1v) is 7.45. The van der Waals surface area contributed by atoms with Crippen LogP contribution in [0.2, 0.25) is 0 Å². The summed E-state index contributed by atoms with van der Waals surface area (Å²) in [5.41, 5.74) is 1.50. The topological polar surface area (TPSA) is 108 Å². The van der Waals surface area contributed by atoms with Crippen LogP contribution in [0.5, 0.6) is 0 Å². The van der Waals surface area contributed by atoms with Gasteiger partial charge in [-0.05, 0) is 23.8 Å². The molecule has 0 aromatic heterocycles. The molecule has 8 nitrogen and oxygen atoms in total. The summed E-state index contributed by atoms with van der Waals surface area (Å²) in [4.78, 5) is 33.8. The second kappa shape index (κ2) is 8.43. The van der Waals surface area contributed by atoms with Crippen molar-refractivity contribution in [3.8, 4) is 11.1 Å². The zero-order valence-corrected chi connectivity index (χ0v) is 14.1. The summed E-state index contributed by atoms with van der Waals surface area (Å²) in [5.74, 6) is -1.45. The molecule has 2 aromatic carbocycles. The molecule has 2 aromatic rings. The first-order chi connectivity index (χ1) is 12.5. The van der Waals surface area contributed by atoms with E-state index in [0.717, 1.165) is 6.08 Å². The number of anilines is 1. The number of rotatable bonds is 6. The molecule has 26 heavy (non-hydrogen) atoms. The highest BCUT2D eigenvalue weighted by atomic mass is 16.6. The van der Waals surface area contributed by atoms with E-state index in [2.05, 4.69) is 14.8 Å². The lowest BCUT2D eigenvalue weighted by Gasteiger charge is -2.10. The minimum Gasteiger partial charge on any atom is -0.466 e. The lowest BCUT2D eigenvalue weighted by Crippen LogP contribution is -2.15. The van der Waals surface area contributed by atoms with Crippen LogP contribution in [0.25, 0.3) is 11.1 Å². The van der Waals surface area contributed by atoms with Crippen molar-refractivity contribution in [2.45, 2.75) is 0 Å². The molecule has 0 heterocycles. The molecule has 0 aliphatic rings. The summed E-state index contributed by atoms with van der Waals surface area (Å²) in [5, 5.41) is 13.9. The number of benzene rings is 2. The molecule has 0 bridgehead atoms. The molecule has 0 aliphatic heterocycles. The molecule has 0 unspecified atom stereocenters. The van der Waals surface area contributed by atoms with E-state index in [1.54, 1.807) is 42.5 Å². The number of nitro benzene ring substituents is 1. The lowest BCUT2D eigenvalue weighted by atomic mass is 10.0. The van der Waals surface area contributed by atoms with Crippen molar-refractivity contribution in [3.63, 3.8) is 0 Å². The van der Waals surface area contributed by atoms with Gasteiger partial charge in [0.1, 0.15) is 5.70 Å². The van der Waals surface area contributed by atoms with E-state index in [9.17, 15) is 19.7 Å². The number of methoxy groups -OCH3 is 2. The van der Waals surface area contributed by atoms with Crippen LogP contribution < -0.4 is 5.32 Å². The summed E-state index contributed by atoms with van der Waals surface area (Å²) in [6.07, 6.45) is 0.974. The van der Waals surface area contributed by atoms with Gasteiger partial charge in [0.05, 0.1) is 30.8 Å². The highest BCUT2D eigenvalue weighted by molar-refractivity contribution is 5.98. The van der Waals surface area contributed by atoms with Gasteiger partial charge in [-0.3, -0.25) is 10.1 Å². The Morgan fingerprint density at radius 3 is 2.27 bits per heavy atom. The maximum Gasteiger partial charge on any atom is 0.354 e. The Kier molecular flexibility index (Phi) is 6.05. The van der Waals surface area contributed by atoms with Crippen molar-refractivity contribution < 1.29 is 24.0 Å². The molecule has 0 saturated carbocycles. The third-order valence-corrected chi connectivity index (χ3v) is 3.44. The van der Waals surface area contributed by atoms with E-state index in [1.807, 2.05) is 0 Å². The normalized spacial score (nSPS) is 10.8. The molecule has 0 radical (unpaired) electrons. The molecular weight excluding hydrogens is 340 g/mol. The van der Waals surface area contributed by atoms with Gasteiger partial charge in [0.25, 0.3) is 5.69 Å². The molecule has 2 rings (SSSR count). The number of nitrogens with one attached hydrogen (secondary N) is 1. The Bertz CT molecular complexity index is 858. The van der Waals surface area contributed by atoms with Crippen LogP contribution in [0.1, 0.15) is 0 Å². The number of nitrogens with zero attached hydrogens (tertiary/aromatic N) is 1. The van der Waals surface area contributed by atoms with E-state index in [0.29, 0.717) is 16.8 Å². The summed E-state index contributed by atoms with van der Waals surface area (Å²) >= 11 is 0. The zero-order valence-electron chi connectivity index (χ0n) is 14.1. The van der Waals surface area contributed by atoms with Crippen LogP contribution in [0.15, 0.2) is 60.3 Å². The first kappa shape index (κ1) is 18.7. The van der Waals surface area contributed by atoms with Crippen molar-refractivity contribution in [1.29, 1.82) is 0 Å². The fourth-order valence-corrected chi connectivity index (χ4v) is 2.20. The standard InChI is InChI=1S/C18H16N2O6/c1-25-17(21)11-15(18(22)26-2)19-13-9-7-12(8-10-13)14-5-3-4-6-16(14)20(23)24/h3-11,19H,1-2H3/b15-11+. The van der Waals surface area contributed by atoms with E-state index < -0.39 is 16.9 Å². The first-order valence-electron chi connectivity index (χ1n) is 7.45. The number of hydrogen-bond acceptors (Lipinski definition) is 7. The zero-order chi connectivity index (χ0) is 19.1. The number of para-hydroxylation sites is 1. The fourth-order valence-electron chi connectivity index (χ4n) is 2.20. The fraction of sp³-hybridized carbons (Fsp3) is 0.111. The number of ether oxygens (including phenoxy) is 2. The van der Waals surface area contributed by atoms with E-state index >= 15 is 0 Å². The molecule has 0 atom stereocenters. The molecule has 0 spiro atoms. The highest BCUT2D eigenvalue weighted by Gasteiger charge is 2.15. The average Bonchev–Trinajstić information content (AvgIpc) is 2.67. The Morgan fingerprint density at radius 1 is 1.04 bits per heavy atom. The van der Waals surface area contributed by atoms with Gasteiger partial charge in [-0.1, -0.05) is 24.3 Å². The molecule has 0 amide bonds. The monoisotopic (exact) mass is 356 g/mol. The van der Waals surface area contributed by atoms with Gasteiger partial charge in [0.15, 0.2) is 0 Å². The second-order valence-corrected chi connectivity index (χ2v) is 5.05. The number of hydrogen-bond donors (Lipinski definition) is 1. The third kappa shape index (κ3) is 4.44. The number of carbonyl (C=O) groups is 2. The van der Waals surface area contributed by atoms with Gasteiger partial charge in [-0.2, -0.15) is 0 Å². The van der Waals surface area contributed by atoms with Crippen LogP contribution >= 0.6 is 0 Å². The van der Waals surface area contributed by atoms with Crippen LogP contribution in [0.4, 0.5) is 11.4 Å². The molecule has 1 N–H and O–H groups in total. The van der Waals surface area contributed by atoms with Crippen molar-refractivity contribution >= 4 is 23.3 Å². The molecule has 0 fully saturated rings. The summed E-state index contributed by atoms with van der Waals surface area (Å²) in [6, 6.07) is 13.0. The third-order valence-electron chi connectivity index (χ3n) is 3.44. The maximum absolute atomic E-state index is 11.7. The lowest BCUT2D eigenvalue weighted by molar-refractivity contribution is -0.384. The average molecular weight is 356 g/mol. The minimum absolute atomic E-state index is 0.00551. The number of carbonyl (C=O) groups excluding carboxylic acids is 2. The summed E-state index contributed by atoms with van der Waals surface area (Å²) in [7, 11) is 2.38. The van der Waals surface area contributed by atoms with Gasteiger partial charge < -0.3 is 14.8 Å². The predicted octanol–water partition coefficient (Wildman–Crippen LogP) is 2.90. The Morgan fingerprint density at radius 2 is 1.69 bits per heavy atom. The molecule has 0 saturated heterocycles. The minimum atomic E-state index is -0.738. The van der Waals surface area contributed by atoms with Crippen molar-refractivity contribution in [2.75, 3.05) is 19.5 Å². The van der Waals surface area contributed by atoms with Crippen LogP contribution in [-0.2, 0) is 19.1 Å². The van der Waals surface area contributed by atoms with Gasteiger partial charge in [-0.15, -0.1) is 0 Å². The quantitative estimate of drug-likeness (QED) is 0.367. The second-order valence-electron chi connectivity index (χ2n) is 5.05. The number of nitro groups is 1. The van der Waals surface area contributed by atoms with Crippen molar-refractivity contribution in [2.24, 2.45) is 0 Å². The van der Waals surface area contributed by atoms with Gasteiger partial charge in [0.2, 0.25) is 0 Å². The SMILES string of the molecule is COC(=O)/C=C(/Nc1ccc(-c2ccccc2[N+](=O)[O-])cc1)C(=O)OC. The Balaban J connectivity index is 2.29. The molecular formula is C18H16N2O6. The van der Waals surface area contributed by atoms with E-state index in [1.165, 1.54) is 20.3 Å². The van der Waals surface area contributed by atoms with Crippen LogP contribution in [0.3, 0.4) is 0 Å². The summed E-state index contributed by atoms with van der Waals surface area (Å²) < 4.78 is 9.11. The highest BCUT2D eigenvalue weighted by Crippen LogP contribution is 2.30. The predicted molar refractivity (Wildman–Crippen MR) is 94.3 cm³/mol. The van der Waals surface area contributed by atoms with E-state index in [4.69, 9.17) is 0 Å². The smallest absolute Gasteiger partial charge is 0.354 e. The van der Waals surface area contributed by atoms with Gasteiger partial charge in [0, 0.05) is 11.8 Å². The van der Waals surface area contributed by atoms with Crippen molar-refractivity contribution in [1.82, 2.24) is 0 Å². The molecule has 0 aliphatic carbocycles. The van der Waals surface area contributed by atoms with Gasteiger partial charge in [-0.25, -0.2) is 9.59 Å². The molecule has 8 heteroatoms. The van der Waals surface area contributed by atoms with Gasteiger partial charge >= 0.3 is 11.9 Å². The van der Waals surface area contributed by atoms with Crippen molar-refractivity contribution in [3.05, 3.63) is 70.4 Å². The summed E-state index contributed by atoms with van der Waals surface area (Å²) in [6.45, 7) is 0. The van der Waals surface area contributed by atoms with E-state index in [-0.39, 0.29) is 11.4 Å². The largest absolute Gasteiger partial charge is 0.466 e. The Hall–Kier alpha value is -3.68. The maximum atomic E-state index is 11.7. The van der Waals surface area contributed by atoms with Crippen LogP contribution in [0, 0.1) is 10.1 Å². The number of esters is 2. The Labute approximate surface area is 149 Å². The molecule has 134 valence electrons.